The van der Waals surface area contributed by atoms with Crippen LogP contribution in [0, 0.1) is 11.8 Å². The van der Waals surface area contributed by atoms with Gasteiger partial charge in [-0.2, -0.15) is 0 Å². The lowest BCUT2D eigenvalue weighted by Gasteiger charge is -2.16. The van der Waals surface area contributed by atoms with Crippen LogP contribution in [0.4, 0.5) is 0 Å². The molecule has 0 saturated heterocycles. The smallest absolute Gasteiger partial charge is 0.308 e. The van der Waals surface area contributed by atoms with E-state index in [1.54, 1.807) is 6.92 Å². The lowest BCUT2D eigenvalue weighted by Crippen LogP contribution is -2.25. The topological polar surface area (TPSA) is 66.8 Å². The minimum Gasteiger partial charge on any atom is -0.481 e. The molecule has 100 valence electrons. The van der Waals surface area contributed by atoms with Crippen LogP contribution < -0.4 is 0 Å². The predicted molar refractivity (Wildman–Crippen MR) is 64.7 cm³/mol. The summed E-state index contributed by atoms with van der Waals surface area (Å²) < 4.78 is 5.07. The molecule has 2 unspecified atom stereocenters. The number of aliphatic carboxylic acids is 1. The molecular weight excluding hydrogens is 222 g/mol. The van der Waals surface area contributed by atoms with Crippen molar-refractivity contribution < 1.29 is 19.4 Å². The van der Waals surface area contributed by atoms with Crippen molar-refractivity contribution in [2.75, 3.05) is 27.2 Å². The number of hydrogen-bond donors (Lipinski definition) is 1. The molecule has 5 heteroatoms. The fourth-order valence-electron chi connectivity index (χ4n) is 1.44. The van der Waals surface area contributed by atoms with Gasteiger partial charge in [0.1, 0.15) is 6.61 Å². The zero-order valence-corrected chi connectivity index (χ0v) is 11.1. The first-order valence-electron chi connectivity index (χ1n) is 5.92. The van der Waals surface area contributed by atoms with Crippen molar-refractivity contribution in [3.8, 4) is 0 Å². The molecule has 0 fully saturated rings. The minimum absolute atomic E-state index is 0.313. The first-order chi connectivity index (χ1) is 7.88. The van der Waals surface area contributed by atoms with E-state index in [1.807, 2.05) is 25.9 Å². The van der Waals surface area contributed by atoms with Gasteiger partial charge in [0.2, 0.25) is 0 Å². The van der Waals surface area contributed by atoms with Crippen molar-refractivity contribution in [1.82, 2.24) is 4.90 Å². The van der Waals surface area contributed by atoms with E-state index in [9.17, 15) is 9.59 Å². The number of hydrogen-bond acceptors (Lipinski definition) is 4. The van der Waals surface area contributed by atoms with Crippen LogP contribution in [-0.2, 0) is 14.3 Å². The van der Waals surface area contributed by atoms with Crippen LogP contribution in [0.3, 0.4) is 0 Å². The van der Waals surface area contributed by atoms with Crippen molar-refractivity contribution in [1.29, 1.82) is 0 Å². The number of carboxylic acid groups (broad SMARTS) is 1. The van der Waals surface area contributed by atoms with E-state index >= 15 is 0 Å². The second-order valence-electron chi connectivity index (χ2n) is 4.55. The fourth-order valence-corrected chi connectivity index (χ4v) is 1.44. The van der Waals surface area contributed by atoms with Crippen molar-refractivity contribution in [3.05, 3.63) is 0 Å². The number of ether oxygens (including phenoxy) is 1. The van der Waals surface area contributed by atoms with Crippen LogP contribution in [0.15, 0.2) is 0 Å². The maximum Gasteiger partial charge on any atom is 0.308 e. The van der Waals surface area contributed by atoms with Gasteiger partial charge in [-0.15, -0.1) is 0 Å². The molecular formula is C12H23NO4. The second kappa shape index (κ2) is 8.06. The number of likely N-dealkylation sites (N-methyl/N-ethyl adjacent to an activating group) is 1. The van der Waals surface area contributed by atoms with Crippen molar-refractivity contribution >= 4 is 11.9 Å². The summed E-state index contributed by atoms with van der Waals surface area (Å²) in [5.74, 6) is -1.99. The Bertz CT molecular complexity index is 253. The second-order valence-corrected chi connectivity index (χ2v) is 4.55. The molecule has 0 aliphatic heterocycles. The molecule has 0 radical (unpaired) electrons. The van der Waals surface area contributed by atoms with Crippen LogP contribution in [0.25, 0.3) is 0 Å². The molecule has 0 aromatic rings. The summed E-state index contributed by atoms with van der Waals surface area (Å²) in [7, 11) is 3.80. The van der Waals surface area contributed by atoms with Gasteiger partial charge in [-0.05, 0) is 26.9 Å². The van der Waals surface area contributed by atoms with E-state index in [4.69, 9.17) is 9.84 Å². The summed E-state index contributed by atoms with van der Waals surface area (Å²) in [6, 6.07) is 0. The molecule has 17 heavy (non-hydrogen) atoms. The SMILES string of the molecule is CCC(CC(C)C(=O)OCCN(C)C)C(=O)O. The first-order valence-corrected chi connectivity index (χ1v) is 5.92. The molecule has 0 aliphatic carbocycles. The zero-order chi connectivity index (χ0) is 13.4. The van der Waals surface area contributed by atoms with Crippen LogP contribution in [0.5, 0.6) is 0 Å². The molecule has 0 spiro atoms. The van der Waals surface area contributed by atoms with Crippen molar-refractivity contribution in [2.24, 2.45) is 11.8 Å². The molecule has 0 saturated carbocycles. The maximum absolute atomic E-state index is 11.6. The molecule has 0 rings (SSSR count). The summed E-state index contributed by atoms with van der Waals surface area (Å²) in [6.07, 6.45) is 0.872. The van der Waals surface area contributed by atoms with Crippen molar-refractivity contribution in [2.45, 2.75) is 26.7 Å². The molecule has 2 atom stereocenters. The summed E-state index contributed by atoms with van der Waals surface area (Å²) >= 11 is 0. The number of nitrogens with zero attached hydrogens (tertiary/aromatic N) is 1. The van der Waals surface area contributed by atoms with Gasteiger partial charge in [0.15, 0.2) is 0 Å². The molecule has 5 nitrogen and oxygen atoms in total. The molecule has 0 amide bonds. The van der Waals surface area contributed by atoms with Gasteiger partial charge in [0, 0.05) is 6.54 Å². The van der Waals surface area contributed by atoms with E-state index < -0.39 is 11.9 Å². The Morgan fingerprint density at radius 3 is 2.35 bits per heavy atom. The molecule has 0 aliphatic rings. The number of carbonyl (C=O) groups excluding carboxylic acids is 1. The third-order valence-corrected chi connectivity index (χ3v) is 2.67. The van der Waals surface area contributed by atoms with Gasteiger partial charge in [0.25, 0.3) is 0 Å². The molecule has 0 aromatic carbocycles. The number of carbonyl (C=O) groups is 2. The first kappa shape index (κ1) is 15.9. The monoisotopic (exact) mass is 245 g/mol. The number of carboxylic acids is 1. The van der Waals surface area contributed by atoms with Crippen LogP contribution in [0.2, 0.25) is 0 Å². The Hall–Kier alpha value is -1.10. The third-order valence-electron chi connectivity index (χ3n) is 2.67. The van der Waals surface area contributed by atoms with E-state index in [0.29, 0.717) is 26.0 Å². The molecule has 1 N–H and O–H groups in total. The Balaban J connectivity index is 4.00. The van der Waals surface area contributed by atoms with Crippen LogP contribution in [0.1, 0.15) is 26.7 Å². The highest BCUT2D eigenvalue weighted by atomic mass is 16.5. The van der Waals surface area contributed by atoms with Gasteiger partial charge in [-0.3, -0.25) is 9.59 Å². The highest BCUT2D eigenvalue weighted by Crippen LogP contribution is 2.17. The average molecular weight is 245 g/mol. The van der Waals surface area contributed by atoms with Crippen LogP contribution >= 0.6 is 0 Å². The summed E-state index contributed by atoms with van der Waals surface area (Å²) in [5, 5.41) is 8.89. The average Bonchev–Trinajstić information content (AvgIpc) is 2.24. The lowest BCUT2D eigenvalue weighted by molar-refractivity contribution is -0.150. The molecule has 0 heterocycles. The normalized spacial score (nSPS) is 14.4. The predicted octanol–water partition coefficient (Wildman–Crippen LogP) is 1.23. The number of rotatable bonds is 8. The summed E-state index contributed by atoms with van der Waals surface area (Å²) in [4.78, 5) is 24.3. The van der Waals surface area contributed by atoms with Gasteiger partial charge in [-0.1, -0.05) is 13.8 Å². The zero-order valence-electron chi connectivity index (χ0n) is 11.1. The Kier molecular flexibility index (Phi) is 7.54. The van der Waals surface area contributed by atoms with Gasteiger partial charge >= 0.3 is 11.9 Å². The van der Waals surface area contributed by atoms with Gasteiger partial charge in [0.05, 0.1) is 11.8 Å². The molecule has 0 bridgehead atoms. The van der Waals surface area contributed by atoms with Gasteiger partial charge < -0.3 is 14.7 Å². The minimum atomic E-state index is -0.847. The van der Waals surface area contributed by atoms with E-state index in [0.717, 1.165) is 0 Å². The lowest BCUT2D eigenvalue weighted by atomic mass is 9.94. The summed E-state index contributed by atoms with van der Waals surface area (Å²) in [6.45, 7) is 4.54. The Morgan fingerprint density at radius 1 is 1.35 bits per heavy atom. The Morgan fingerprint density at radius 2 is 1.94 bits per heavy atom. The Labute approximate surface area is 103 Å². The fraction of sp³-hybridized carbons (Fsp3) is 0.833. The number of esters is 1. The molecule has 0 aromatic heterocycles. The van der Waals surface area contributed by atoms with Crippen LogP contribution in [-0.4, -0.2) is 49.2 Å². The summed E-state index contributed by atoms with van der Waals surface area (Å²) in [5.41, 5.74) is 0. The standard InChI is InChI=1S/C12H23NO4/c1-5-10(11(14)15)8-9(2)12(16)17-7-6-13(3)4/h9-10H,5-8H2,1-4H3,(H,14,15). The maximum atomic E-state index is 11.6. The van der Waals surface area contributed by atoms with E-state index in [-0.39, 0.29) is 11.9 Å². The highest BCUT2D eigenvalue weighted by molar-refractivity contribution is 5.74. The highest BCUT2D eigenvalue weighted by Gasteiger charge is 2.23. The van der Waals surface area contributed by atoms with E-state index in [1.165, 1.54) is 0 Å². The quantitative estimate of drug-likeness (QED) is 0.651. The van der Waals surface area contributed by atoms with Gasteiger partial charge in [-0.25, -0.2) is 0 Å². The van der Waals surface area contributed by atoms with E-state index in [2.05, 4.69) is 0 Å². The van der Waals surface area contributed by atoms with Crippen molar-refractivity contribution in [3.63, 3.8) is 0 Å². The third kappa shape index (κ3) is 6.94. The largest absolute Gasteiger partial charge is 0.481 e.